The van der Waals surface area contributed by atoms with Crippen LogP contribution in [0.2, 0.25) is 0 Å². The predicted octanol–water partition coefficient (Wildman–Crippen LogP) is 2.83. The number of sulfone groups is 1. The lowest BCUT2D eigenvalue weighted by Gasteiger charge is -2.34. The van der Waals surface area contributed by atoms with Crippen LogP contribution in [-0.2, 0) is 9.84 Å². The normalized spacial score (nSPS) is 14.3. The van der Waals surface area contributed by atoms with Crippen molar-refractivity contribution in [3.05, 3.63) is 35.4 Å². The highest BCUT2D eigenvalue weighted by atomic mass is 32.2. The van der Waals surface area contributed by atoms with Crippen molar-refractivity contribution < 1.29 is 17.2 Å². The Bertz CT molecular complexity index is 550. The van der Waals surface area contributed by atoms with Crippen molar-refractivity contribution >= 4 is 9.84 Å². The van der Waals surface area contributed by atoms with Crippen molar-refractivity contribution in [2.75, 3.05) is 12.8 Å². The zero-order chi connectivity index (χ0) is 15.6. The number of hydrogen-bond donors (Lipinski definition) is 1. The Morgan fingerprint density at radius 1 is 1.25 bits per heavy atom. The fourth-order valence-corrected chi connectivity index (χ4v) is 2.61. The molecule has 0 heterocycles. The molecule has 0 aromatic heterocycles. The SMILES string of the molecule is CCCNC(c1c(F)cccc1F)C(C)(C)S(C)(=O)=O. The molecule has 0 amide bonds. The second-order valence-corrected chi connectivity index (χ2v) is 7.99. The molecule has 0 aliphatic carbocycles. The second kappa shape index (κ2) is 6.18. The maximum Gasteiger partial charge on any atom is 0.154 e. The molecule has 0 aliphatic rings. The molecule has 0 saturated heterocycles. The minimum absolute atomic E-state index is 0.226. The van der Waals surface area contributed by atoms with Gasteiger partial charge in [0, 0.05) is 11.8 Å². The van der Waals surface area contributed by atoms with E-state index in [4.69, 9.17) is 0 Å². The molecule has 1 rings (SSSR count). The first kappa shape index (κ1) is 17.0. The van der Waals surface area contributed by atoms with E-state index in [1.165, 1.54) is 19.9 Å². The van der Waals surface area contributed by atoms with Crippen LogP contribution in [-0.4, -0.2) is 26.0 Å². The zero-order valence-corrected chi connectivity index (χ0v) is 13.0. The fourth-order valence-electron chi connectivity index (χ4n) is 1.98. The van der Waals surface area contributed by atoms with Gasteiger partial charge >= 0.3 is 0 Å². The smallest absolute Gasteiger partial charge is 0.154 e. The lowest BCUT2D eigenvalue weighted by molar-refractivity contribution is 0.390. The van der Waals surface area contributed by atoms with Gasteiger partial charge in [-0.05, 0) is 38.9 Å². The van der Waals surface area contributed by atoms with E-state index in [9.17, 15) is 17.2 Å². The standard InChI is InChI=1S/C14H21F2NO2S/c1-5-9-17-13(14(2,3)20(4,18)19)12-10(15)7-6-8-11(12)16/h6-8,13,17H,5,9H2,1-4H3. The second-order valence-electron chi connectivity index (χ2n) is 5.40. The van der Waals surface area contributed by atoms with E-state index in [1.807, 2.05) is 6.92 Å². The van der Waals surface area contributed by atoms with E-state index >= 15 is 0 Å². The van der Waals surface area contributed by atoms with Crippen molar-refractivity contribution in [3.8, 4) is 0 Å². The summed E-state index contributed by atoms with van der Waals surface area (Å²) in [5, 5.41) is 2.96. The molecule has 1 aromatic rings. The van der Waals surface area contributed by atoms with Crippen LogP contribution in [0.3, 0.4) is 0 Å². The Labute approximate surface area is 119 Å². The highest BCUT2D eigenvalue weighted by molar-refractivity contribution is 7.92. The maximum absolute atomic E-state index is 14.0. The molecule has 3 nitrogen and oxygen atoms in total. The number of hydrogen-bond acceptors (Lipinski definition) is 3. The van der Waals surface area contributed by atoms with Gasteiger partial charge < -0.3 is 5.32 Å². The summed E-state index contributed by atoms with van der Waals surface area (Å²) in [6, 6.07) is 2.59. The highest BCUT2D eigenvalue weighted by Crippen LogP contribution is 2.34. The summed E-state index contributed by atoms with van der Waals surface area (Å²) >= 11 is 0. The molecule has 114 valence electrons. The van der Waals surface area contributed by atoms with Gasteiger partial charge in [-0.2, -0.15) is 0 Å². The van der Waals surface area contributed by atoms with Gasteiger partial charge in [-0.25, -0.2) is 17.2 Å². The van der Waals surface area contributed by atoms with E-state index in [0.29, 0.717) is 6.54 Å². The minimum Gasteiger partial charge on any atom is -0.308 e. The first-order valence-corrected chi connectivity index (χ1v) is 8.39. The fraction of sp³-hybridized carbons (Fsp3) is 0.571. The first-order valence-electron chi connectivity index (χ1n) is 6.49. The number of halogens is 2. The lowest BCUT2D eigenvalue weighted by atomic mass is 9.94. The van der Waals surface area contributed by atoms with E-state index in [-0.39, 0.29) is 5.56 Å². The summed E-state index contributed by atoms with van der Waals surface area (Å²) in [5.41, 5.74) is -0.226. The van der Waals surface area contributed by atoms with Gasteiger partial charge in [0.15, 0.2) is 9.84 Å². The van der Waals surface area contributed by atoms with Gasteiger partial charge in [0.05, 0.1) is 10.8 Å². The topological polar surface area (TPSA) is 46.2 Å². The summed E-state index contributed by atoms with van der Waals surface area (Å²) in [7, 11) is -3.51. The Hall–Kier alpha value is -1.01. The molecule has 0 fully saturated rings. The van der Waals surface area contributed by atoms with Gasteiger partial charge in [0.1, 0.15) is 11.6 Å². The van der Waals surface area contributed by atoms with Crippen molar-refractivity contribution in [3.63, 3.8) is 0 Å². The molecule has 0 saturated carbocycles. The Balaban J connectivity index is 3.41. The molecular weight excluding hydrogens is 284 g/mol. The quantitative estimate of drug-likeness (QED) is 0.879. The van der Waals surface area contributed by atoms with Crippen LogP contribution in [0.25, 0.3) is 0 Å². The van der Waals surface area contributed by atoms with E-state index in [1.54, 1.807) is 0 Å². The minimum atomic E-state index is -3.51. The Morgan fingerprint density at radius 2 is 1.75 bits per heavy atom. The van der Waals surface area contributed by atoms with Gasteiger partial charge in [0.25, 0.3) is 0 Å². The largest absolute Gasteiger partial charge is 0.308 e. The molecule has 6 heteroatoms. The van der Waals surface area contributed by atoms with Crippen LogP contribution in [0.4, 0.5) is 8.78 Å². The summed E-state index contributed by atoms with van der Waals surface area (Å²) in [6.07, 6.45) is 1.80. The lowest BCUT2D eigenvalue weighted by Crippen LogP contribution is -2.46. The van der Waals surface area contributed by atoms with E-state index in [2.05, 4.69) is 5.32 Å². The van der Waals surface area contributed by atoms with Gasteiger partial charge in [-0.3, -0.25) is 0 Å². The summed E-state index contributed by atoms with van der Waals surface area (Å²) in [5.74, 6) is -1.48. The summed E-state index contributed by atoms with van der Waals surface area (Å²) in [4.78, 5) is 0. The highest BCUT2D eigenvalue weighted by Gasteiger charge is 2.42. The number of rotatable bonds is 6. The van der Waals surface area contributed by atoms with E-state index in [0.717, 1.165) is 24.8 Å². The van der Waals surface area contributed by atoms with Crippen LogP contribution < -0.4 is 5.32 Å². The average Bonchev–Trinajstić information content (AvgIpc) is 2.31. The third-order valence-electron chi connectivity index (χ3n) is 3.54. The molecule has 1 N–H and O–H groups in total. The van der Waals surface area contributed by atoms with Crippen molar-refractivity contribution in [2.45, 2.75) is 38.0 Å². The van der Waals surface area contributed by atoms with E-state index < -0.39 is 32.3 Å². The molecule has 1 atom stereocenters. The first-order chi connectivity index (χ1) is 9.13. The van der Waals surface area contributed by atoms with Gasteiger partial charge in [0.2, 0.25) is 0 Å². The Morgan fingerprint density at radius 3 is 2.15 bits per heavy atom. The van der Waals surface area contributed by atoms with Crippen LogP contribution in [0.1, 0.15) is 38.8 Å². The van der Waals surface area contributed by atoms with Gasteiger partial charge in [-0.15, -0.1) is 0 Å². The van der Waals surface area contributed by atoms with Crippen molar-refractivity contribution in [1.82, 2.24) is 5.32 Å². The van der Waals surface area contributed by atoms with Crippen LogP contribution in [0.15, 0.2) is 18.2 Å². The number of benzene rings is 1. The van der Waals surface area contributed by atoms with Crippen molar-refractivity contribution in [1.29, 1.82) is 0 Å². The number of nitrogens with one attached hydrogen (secondary N) is 1. The molecule has 0 aliphatic heterocycles. The monoisotopic (exact) mass is 305 g/mol. The summed E-state index contributed by atoms with van der Waals surface area (Å²) < 4.78 is 50.6. The van der Waals surface area contributed by atoms with Crippen molar-refractivity contribution in [2.24, 2.45) is 0 Å². The molecule has 20 heavy (non-hydrogen) atoms. The maximum atomic E-state index is 14.0. The molecular formula is C14H21F2NO2S. The molecule has 0 bridgehead atoms. The molecule has 1 aromatic carbocycles. The summed E-state index contributed by atoms with van der Waals surface area (Å²) in [6.45, 7) is 5.32. The van der Waals surface area contributed by atoms with Crippen LogP contribution in [0, 0.1) is 11.6 Å². The van der Waals surface area contributed by atoms with Gasteiger partial charge in [-0.1, -0.05) is 13.0 Å². The molecule has 0 radical (unpaired) electrons. The third-order valence-corrected chi connectivity index (χ3v) is 5.68. The average molecular weight is 305 g/mol. The predicted molar refractivity (Wildman–Crippen MR) is 76.3 cm³/mol. The molecule has 1 unspecified atom stereocenters. The zero-order valence-electron chi connectivity index (χ0n) is 12.2. The van der Waals surface area contributed by atoms with Crippen LogP contribution in [0.5, 0.6) is 0 Å². The molecule has 0 spiro atoms. The Kier molecular flexibility index (Phi) is 5.27. The van der Waals surface area contributed by atoms with Crippen LogP contribution >= 0.6 is 0 Å². The third kappa shape index (κ3) is 3.35.